The van der Waals surface area contributed by atoms with E-state index in [1.807, 2.05) is 6.92 Å². The van der Waals surface area contributed by atoms with Crippen LogP contribution in [0.1, 0.15) is 17.3 Å². The predicted octanol–water partition coefficient (Wildman–Crippen LogP) is 1.22. The Morgan fingerprint density at radius 1 is 1.56 bits per heavy atom. The van der Waals surface area contributed by atoms with Crippen LogP contribution in [0.25, 0.3) is 0 Å². The Labute approximate surface area is 105 Å². The molecule has 4 nitrogen and oxygen atoms in total. The third kappa shape index (κ3) is 2.52. The van der Waals surface area contributed by atoms with Gasteiger partial charge >= 0.3 is 0 Å². The van der Waals surface area contributed by atoms with Crippen molar-refractivity contribution in [3.05, 3.63) is 29.6 Å². The lowest BCUT2D eigenvalue weighted by molar-refractivity contribution is -0.0422. The van der Waals surface area contributed by atoms with Gasteiger partial charge in [-0.15, -0.1) is 0 Å². The van der Waals surface area contributed by atoms with Gasteiger partial charge in [0.2, 0.25) is 0 Å². The van der Waals surface area contributed by atoms with Crippen LogP contribution in [-0.4, -0.2) is 43.3 Å². The number of benzene rings is 1. The number of nitrogens with zero attached hydrogens (tertiary/aromatic N) is 1. The van der Waals surface area contributed by atoms with E-state index >= 15 is 0 Å². The van der Waals surface area contributed by atoms with E-state index < -0.39 is 5.82 Å². The minimum Gasteiger partial charge on any atom is -0.394 e. The molecule has 2 unspecified atom stereocenters. The molecule has 1 aromatic rings. The maximum absolute atomic E-state index is 13.9. The summed E-state index contributed by atoms with van der Waals surface area (Å²) in [6.45, 7) is 2.61. The fourth-order valence-electron chi connectivity index (χ4n) is 2.29. The second-order valence-corrected chi connectivity index (χ2v) is 4.45. The molecule has 2 rings (SSSR count). The molecule has 0 amide bonds. The summed E-state index contributed by atoms with van der Waals surface area (Å²) in [5.41, 5.74) is 0.613. The van der Waals surface area contributed by atoms with Gasteiger partial charge in [-0.1, -0.05) is 6.07 Å². The number of ether oxygens (including phenoxy) is 1. The topological polar surface area (TPSA) is 49.8 Å². The number of aliphatic hydroxyl groups is 1. The molecule has 0 bridgehead atoms. The summed E-state index contributed by atoms with van der Waals surface area (Å²) < 4.78 is 19.4. The van der Waals surface area contributed by atoms with Gasteiger partial charge in [0.15, 0.2) is 6.29 Å². The predicted molar refractivity (Wildman–Crippen MR) is 65.4 cm³/mol. The van der Waals surface area contributed by atoms with Crippen molar-refractivity contribution in [3.63, 3.8) is 0 Å². The standard InChI is InChI=1S/C13H16FNO3/c1-9-5-15(6-11(8-17)18-9)13-10(7-16)3-2-4-12(13)14/h2-4,7,9,11,17H,5-6,8H2,1H3. The summed E-state index contributed by atoms with van der Waals surface area (Å²) in [6.07, 6.45) is 0.176. The highest BCUT2D eigenvalue weighted by atomic mass is 19.1. The number of aldehydes is 1. The van der Waals surface area contributed by atoms with Crippen LogP contribution < -0.4 is 4.90 Å². The fourth-order valence-corrected chi connectivity index (χ4v) is 2.29. The van der Waals surface area contributed by atoms with E-state index in [2.05, 4.69) is 0 Å². The Kier molecular flexibility index (Phi) is 3.93. The minimum atomic E-state index is -0.426. The zero-order chi connectivity index (χ0) is 13.1. The van der Waals surface area contributed by atoms with Gasteiger partial charge in [-0.2, -0.15) is 0 Å². The Morgan fingerprint density at radius 2 is 2.33 bits per heavy atom. The first-order valence-electron chi connectivity index (χ1n) is 5.90. The van der Waals surface area contributed by atoms with Gasteiger partial charge in [0.25, 0.3) is 0 Å². The molecule has 0 spiro atoms. The Balaban J connectivity index is 2.32. The van der Waals surface area contributed by atoms with E-state index in [0.717, 1.165) is 0 Å². The Hall–Kier alpha value is -1.46. The molecule has 0 radical (unpaired) electrons. The molecular formula is C13H16FNO3. The van der Waals surface area contributed by atoms with E-state index in [0.29, 0.717) is 30.6 Å². The number of rotatable bonds is 3. The smallest absolute Gasteiger partial charge is 0.152 e. The monoisotopic (exact) mass is 253 g/mol. The molecule has 5 heteroatoms. The number of morpholine rings is 1. The SMILES string of the molecule is CC1CN(c2c(F)cccc2C=O)CC(CO)O1. The first-order valence-corrected chi connectivity index (χ1v) is 5.90. The minimum absolute atomic E-state index is 0.116. The molecule has 2 atom stereocenters. The second-order valence-electron chi connectivity index (χ2n) is 4.45. The summed E-state index contributed by atoms with van der Waals surface area (Å²) in [7, 11) is 0. The molecule has 0 aliphatic carbocycles. The van der Waals surface area contributed by atoms with Crippen molar-refractivity contribution in [2.45, 2.75) is 19.1 Å². The third-order valence-corrected chi connectivity index (χ3v) is 2.99. The lowest BCUT2D eigenvalue weighted by atomic mass is 10.1. The first kappa shape index (κ1) is 13.0. The molecule has 98 valence electrons. The molecular weight excluding hydrogens is 237 g/mol. The third-order valence-electron chi connectivity index (χ3n) is 2.99. The number of hydrogen-bond acceptors (Lipinski definition) is 4. The Bertz CT molecular complexity index is 438. The molecule has 0 aromatic heterocycles. The van der Waals surface area contributed by atoms with Gasteiger partial charge in [0, 0.05) is 18.7 Å². The van der Waals surface area contributed by atoms with E-state index in [1.54, 1.807) is 11.0 Å². The highest BCUT2D eigenvalue weighted by Crippen LogP contribution is 2.26. The quantitative estimate of drug-likeness (QED) is 0.823. The molecule has 1 aromatic carbocycles. The van der Waals surface area contributed by atoms with Crippen LogP contribution in [0, 0.1) is 5.82 Å². The van der Waals surface area contributed by atoms with E-state index in [-0.39, 0.29) is 18.8 Å². The van der Waals surface area contributed by atoms with Crippen LogP contribution in [0.15, 0.2) is 18.2 Å². The number of carbonyl (C=O) groups is 1. The van der Waals surface area contributed by atoms with Crippen molar-refractivity contribution in [1.82, 2.24) is 0 Å². The molecule has 18 heavy (non-hydrogen) atoms. The molecule has 1 fully saturated rings. The average molecular weight is 253 g/mol. The van der Waals surface area contributed by atoms with Crippen LogP contribution >= 0.6 is 0 Å². The number of carbonyl (C=O) groups excluding carboxylic acids is 1. The van der Waals surface area contributed by atoms with Crippen molar-refractivity contribution in [3.8, 4) is 0 Å². The average Bonchev–Trinajstić information content (AvgIpc) is 2.37. The lowest BCUT2D eigenvalue weighted by Crippen LogP contribution is -2.48. The normalized spacial score (nSPS) is 24.1. The Morgan fingerprint density at radius 3 is 3.00 bits per heavy atom. The van der Waals surface area contributed by atoms with Gasteiger partial charge in [0.1, 0.15) is 5.82 Å². The summed E-state index contributed by atoms with van der Waals surface area (Å²) >= 11 is 0. The molecule has 1 aliphatic rings. The van der Waals surface area contributed by atoms with E-state index in [4.69, 9.17) is 9.84 Å². The largest absolute Gasteiger partial charge is 0.394 e. The number of anilines is 1. The summed E-state index contributed by atoms with van der Waals surface area (Å²) in [5.74, 6) is -0.426. The van der Waals surface area contributed by atoms with Gasteiger partial charge < -0.3 is 14.7 Å². The van der Waals surface area contributed by atoms with Crippen LogP contribution in [0.4, 0.5) is 10.1 Å². The molecule has 1 N–H and O–H groups in total. The van der Waals surface area contributed by atoms with E-state index in [1.165, 1.54) is 12.1 Å². The summed E-state index contributed by atoms with van der Waals surface area (Å²) in [4.78, 5) is 12.7. The van der Waals surface area contributed by atoms with E-state index in [9.17, 15) is 9.18 Å². The number of para-hydroxylation sites is 1. The van der Waals surface area contributed by atoms with Crippen molar-refractivity contribution >= 4 is 12.0 Å². The van der Waals surface area contributed by atoms with Gasteiger partial charge in [-0.05, 0) is 19.1 Å². The van der Waals surface area contributed by atoms with Crippen molar-refractivity contribution in [1.29, 1.82) is 0 Å². The zero-order valence-corrected chi connectivity index (χ0v) is 10.2. The first-order chi connectivity index (χ1) is 8.65. The highest BCUT2D eigenvalue weighted by Gasteiger charge is 2.27. The zero-order valence-electron chi connectivity index (χ0n) is 10.2. The number of hydrogen-bond donors (Lipinski definition) is 1. The van der Waals surface area contributed by atoms with Gasteiger partial charge in [-0.3, -0.25) is 4.79 Å². The highest BCUT2D eigenvalue weighted by molar-refractivity contribution is 5.84. The lowest BCUT2D eigenvalue weighted by Gasteiger charge is -2.38. The van der Waals surface area contributed by atoms with Crippen LogP contribution in [0.2, 0.25) is 0 Å². The fraction of sp³-hybridized carbons (Fsp3) is 0.462. The second kappa shape index (κ2) is 5.46. The molecule has 1 aliphatic heterocycles. The van der Waals surface area contributed by atoms with Gasteiger partial charge in [-0.25, -0.2) is 4.39 Å². The van der Waals surface area contributed by atoms with Crippen LogP contribution in [0.5, 0.6) is 0 Å². The van der Waals surface area contributed by atoms with Crippen molar-refractivity contribution in [2.24, 2.45) is 0 Å². The molecule has 1 heterocycles. The van der Waals surface area contributed by atoms with Crippen molar-refractivity contribution < 1.29 is 19.0 Å². The summed E-state index contributed by atoms with van der Waals surface area (Å²) in [6, 6.07) is 4.42. The van der Waals surface area contributed by atoms with Crippen molar-refractivity contribution in [2.75, 3.05) is 24.6 Å². The van der Waals surface area contributed by atoms with Crippen LogP contribution in [0.3, 0.4) is 0 Å². The molecule has 1 saturated heterocycles. The van der Waals surface area contributed by atoms with Crippen LogP contribution in [-0.2, 0) is 4.74 Å². The molecule has 0 saturated carbocycles. The summed E-state index contributed by atoms with van der Waals surface area (Å²) in [5, 5.41) is 9.15. The van der Waals surface area contributed by atoms with Gasteiger partial charge in [0.05, 0.1) is 24.5 Å². The maximum Gasteiger partial charge on any atom is 0.152 e. The number of halogens is 1. The number of aliphatic hydroxyl groups excluding tert-OH is 1. The maximum atomic E-state index is 13.9.